The van der Waals surface area contributed by atoms with Gasteiger partial charge < -0.3 is 9.05 Å². The SMILES string of the molecule is COP(=O)(OC)C(C)(CCCCl)NSC(C)(C)C. The number of halogens is 1. The lowest BCUT2D eigenvalue weighted by Crippen LogP contribution is -2.41. The van der Waals surface area contributed by atoms with Crippen molar-refractivity contribution in [2.24, 2.45) is 0 Å². The fraction of sp³-hybridized carbons (Fsp3) is 1.00. The fourth-order valence-electron chi connectivity index (χ4n) is 1.40. The zero-order valence-corrected chi connectivity index (χ0v) is 14.5. The lowest BCUT2D eigenvalue weighted by Gasteiger charge is -2.37. The first-order chi connectivity index (χ1) is 8.14. The molecule has 0 spiro atoms. The van der Waals surface area contributed by atoms with Crippen LogP contribution in [-0.4, -0.2) is 30.1 Å². The molecule has 18 heavy (non-hydrogen) atoms. The van der Waals surface area contributed by atoms with Gasteiger partial charge in [0.25, 0.3) is 0 Å². The van der Waals surface area contributed by atoms with Crippen molar-refractivity contribution in [1.29, 1.82) is 0 Å². The van der Waals surface area contributed by atoms with Crippen LogP contribution in [0.1, 0.15) is 40.5 Å². The molecular formula is C11H25ClNO3PS. The van der Waals surface area contributed by atoms with E-state index in [1.165, 1.54) is 26.2 Å². The minimum absolute atomic E-state index is 0.00847. The van der Waals surface area contributed by atoms with E-state index in [0.717, 1.165) is 6.42 Å². The van der Waals surface area contributed by atoms with Gasteiger partial charge in [-0.2, -0.15) is 0 Å². The highest BCUT2D eigenvalue weighted by Crippen LogP contribution is 2.60. The zero-order chi connectivity index (χ0) is 14.4. The summed E-state index contributed by atoms with van der Waals surface area (Å²) in [6, 6.07) is 0. The van der Waals surface area contributed by atoms with Crippen molar-refractivity contribution in [1.82, 2.24) is 4.72 Å². The van der Waals surface area contributed by atoms with E-state index >= 15 is 0 Å². The Morgan fingerprint density at radius 1 is 1.22 bits per heavy atom. The van der Waals surface area contributed by atoms with E-state index in [4.69, 9.17) is 20.6 Å². The average molecular weight is 318 g/mol. The van der Waals surface area contributed by atoms with Crippen LogP contribution in [0.4, 0.5) is 0 Å². The molecule has 0 bridgehead atoms. The minimum atomic E-state index is -3.21. The van der Waals surface area contributed by atoms with Crippen LogP contribution < -0.4 is 4.72 Å². The largest absolute Gasteiger partial charge is 0.350 e. The summed E-state index contributed by atoms with van der Waals surface area (Å²) >= 11 is 7.25. The second-order valence-electron chi connectivity index (χ2n) is 5.25. The Kier molecular flexibility index (Phi) is 7.82. The van der Waals surface area contributed by atoms with Gasteiger partial charge in [0.1, 0.15) is 5.28 Å². The van der Waals surface area contributed by atoms with E-state index in [0.29, 0.717) is 12.3 Å². The standard InChI is InChI=1S/C11H25ClNO3PS/c1-10(2,3)18-13-11(4,8-7-9-12)17(14,15-5)16-6/h13H,7-9H2,1-6H3. The van der Waals surface area contributed by atoms with E-state index in [1.54, 1.807) is 0 Å². The number of rotatable bonds is 8. The van der Waals surface area contributed by atoms with Gasteiger partial charge in [-0.3, -0.25) is 4.57 Å². The van der Waals surface area contributed by atoms with E-state index in [1.807, 2.05) is 6.92 Å². The van der Waals surface area contributed by atoms with Crippen LogP contribution in [0.15, 0.2) is 0 Å². The summed E-state index contributed by atoms with van der Waals surface area (Å²) in [5.74, 6) is 0.519. The van der Waals surface area contributed by atoms with Crippen molar-refractivity contribution < 1.29 is 13.6 Å². The van der Waals surface area contributed by atoms with Gasteiger partial charge in [-0.15, -0.1) is 11.6 Å². The van der Waals surface area contributed by atoms with Crippen molar-refractivity contribution in [3.8, 4) is 0 Å². The molecule has 1 unspecified atom stereocenters. The summed E-state index contributed by atoms with van der Waals surface area (Å²) in [7, 11) is -0.391. The van der Waals surface area contributed by atoms with Crippen LogP contribution in [0, 0.1) is 0 Å². The summed E-state index contributed by atoms with van der Waals surface area (Å²) in [5, 5.41) is -0.747. The van der Waals surface area contributed by atoms with Crippen molar-refractivity contribution >= 4 is 31.1 Å². The van der Waals surface area contributed by atoms with Gasteiger partial charge in [0.15, 0.2) is 0 Å². The van der Waals surface area contributed by atoms with Gasteiger partial charge in [0.05, 0.1) is 0 Å². The Labute approximate surface area is 120 Å². The molecular weight excluding hydrogens is 293 g/mol. The van der Waals surface area contributed by atoms with Gasteiger partial charge in [0, 0.05) is 24.8 Å². The number of hydrogen-bond donors (Lipinski definition) is 1. The molecule has 0 rings (SSSR count). The van der Waals surface area contributed by atoms with Crippen LogP contribution in [0.5, 0.6) is 0 Å². The summed E-state index contributed by atoms with van der Waals surface area (Å²) < 4.78 is 26.2. The predicted molar refractivity (Wildman–Crippen MR) is 80.5 cm³/mol. The third kappa shape index (κ3) is 5.40. The molecule has 1 atom stereocenters. The van der Waals surface area contributed by atoms with Crippen molar-refractivity contribution in [3.05, 3.63) is 0 Å². The van der Waals surface area contributed by atoms with E-state index in [9.17, 15) is 4.57 Å². The second-order valence-corrected chi connectivity index (χ2v) is 9.97. The van der Waals surface area contributed by atoms with Gasteiger partial charge >= 0.3 is 7.60 Å². The van der Waals surface area contributed by atoms with Crippen LogP contribution >= 0.6 is 31.1 Å². The quantitative estimate of drug-likeness (QED) is 0.412. The molecule has 0 saturated heterocycles. The maximum Gasteiger partial charge on any atom is 0.350 e. The van der Waals surface area contributed by atoms with Gasteiger partial charge in [-0.25, -0.2) is 4.72 Å². The average Bonchev–Trinajstić information content (AvgIpc) is 2.31. The molecule has 0 aliphatic carbocycles. The zero-order valence-electron chi connectivity index (χ0n) is 12.1. The summed E-state index contributed by atoms with van der Waals surface area (Å²) in [4.78, 5) is 0. The molecule has 0 fully saturated rings. The molecule has 0 radical (unpaired) electrons. The fourth-order valence-corrected chi connectivity index (χ4v) is 4.13. The summed E-state index contributed by atoms with van der Waals surface area (Å²) in [6.07, 6.45) is 1.37. The number of hydrogen-bond acceptors (Lipinski definition) is 5. The van der Waals surface area contributed by atoms with Gasteiger partial charge in [0.2, 0.25) is 0 Å². The minimum Gasteiger partial charge on any atom is -0.311 e. The normalized spacial score (nSPS) is 16.6. The van der Waals surface area contributed by atoms with E-state index < -0.39 is 12.9 Å². The molecule has 0 aromatic rings. The van der Waals surface area contributed by atoms with Crippen molar-refractivity contribution in [2.75, 3.05) is 20.1 Å². The first-order valence-electron chi connectivity index (χ1n) is 5.87. The molecule has 110 valence electrons. The summed E-state index contributed by atoms with van der Waals surface area (Å²) in [5.41, 5.74) is 0. The van der Waals surface area contributed by atoms with Crippen LogP contribution in [0.25, 0.3) is 0 Å². The van der Waals surface area contributed by atoms with Gasteiger partial charge in [-0.05, 0) is 40.5 Å². The number of alkyl halides is 1. The predicted octanol–water partition coefficient (Wildman–Crippen LogP) is 4.24. The third-order valence-electron chi connectivity index (χ3n) is 2.46. The highest BCUT2D eigenvalue weighted by Gasteiger charge is 2.46. The first-order valence-corrected chi connectivity index (χ1v) is 8.76. The molecule has 0 saturated carbocycles. The van der Waals surface area contributed by atoms with Crippen molar-refractivity contribution in [3.63, 3.8) is 0 Å². The van der Waals surface area contributed by atoms with Gasteiger partial charge in [-0.1, -0.05) is 11.9 Å². The monoisotopic (exact) mass is 317 g/mol. The lowest BCUT2D eigenvalue weighted by atomic mass is 10.2. The maximum absolute atomic E-state index is 12.6. The van der Waals surface area contributed by atoms with E-state index in [-0.39, 0.29) is 4.75 Å². The molecule has 4 nitrogen and oxygen atoms in total. The molecule has 0 amide bonds. The topological polar surface area (TPSA) is 47.6 Å². The molecule has 1 N–H and O–H groups in total. The van der Waals surface area contributed by atoms with Crippen LogP contribution in [0.2, 0.25) is 0 Å². The molecule has 0 heterocycles. The smallest absolute Gasteiger partial charge is 0.311 e. The third-order valence-corrected chi connectivity index (χ3v) is 6.55. The molecule has 0 aliphatic rings. The molecule has 0 aromatic carbocycles. The Hall–Kier alpha value is 0.750. The summed E-state index contributed by atoms with van der Waals surface area (Å²) in [6.45, 7) is 8.09. The Balaban J connectivity index is 4.98. The van der Waals surface area contributed by atoms with Crippen LogP contribution in [-0.2, 0) is 13.6 Å². The highest BCUT2D eigenvalue weighted by atomic mass is 35.5. The Morgan fingerprint density at radius 3 is 2.06 bits per heavy atom. The molecule has 7 heteroatoms. The second kappa shape index (κ2) is 7.51. The molecule has 0 aromatic heterocycles. The Morgan fingerprint density at radius 2 is 1.72 bits per heavy atom. The first kappa shape index (κ1) is 18.8. The van der Waals surface area contributed by atoms with Crippen molar-refractivity contribution in [2.45, 2.75) is 50.6 Å². The maximum atomic E-state index is 12.6. The van der Waals surface area contributed by atoms with E-state index in [2.05, 4.69) is 25.5 Å². The highest BCUT2D eigenvalue weighted by molar-refractivity contribution is 7.99. The lowest BCUT2D eigenvalue weighted by molar-refractivity contribution is 0.240. The molecule has 0 aliphatic heterocycles. The number of nitrogens with one attached hydrogen (secondary N) is 1. The Bertz CT molecular complexity index is 291. The van der Waals surface area contributed by atoms with Crippen LogP contribution in [0.3, 0.4) is 0 Å².